The van der Waals surface area contributed by atoms with Crippen LogP contribution in [0.15, 0.2) is 18.3 Å². The van der Waals surface area contributed by atoms with Crippen LogP contribution in [0, 0.1) is 0 Å². The van der Waals surface area contributed by atoms with Crippen molar-refractivity contribution in [2.24, 2.45) is 0 Å². The first kappa shape index (κ1) is 18.1. The fourth-order valence-corrected chi connectivity index (χ4v) is 2.67. The topological polar surface area (TPSA) is 28.2 Å². The molecule has 0 saturated carbocycles. The van der Waals surface area contributed by atoms with Gasteiger partial charge < -0.3 is 10.2 Å². The SMILES string of the molecule is Cl.Cl.Cl.Clc1ccc(N2CC3CCC(C2)N3)cn1. The van der Waals surface area contributed by atoms with Crippen molar-refractivity contribution in [2.75, 3.05) is 18.0 Å². The molecule has 3 nitrogen and oxygen atoms in total. The Balaban J connectivity index is 0.000000963. The van der Waals surface area contributed by atoms with E-state index < -0.39 is 0 Å². The van der Waals surface area contributed by atoms with Crippen LogP contribution in [-0.2, 0) is 0 Å². The molecule has 1 aromatic rings. The summed E-state index contributed by atoms with van der Waals surface area (Å²) in [6.07, 6.45) is 4.48. The number of aromatic nitrogens is 1. The molecule has 0 aromatic carbocycles. The summed E-state index contributed by atoms with van der Waals surface area (Å²) in [7, 11) is 0. The lowest BCUT2D eigenvalue weighted by atomic mass is 10.2. The van der Waals surface area contributed by atoms with Crippen molar-refractivity contribution in [1.29, 1.82) is 0 Å². The smallest absolute Gasteiger partial charge is 0.129 e. The summed E-state index contributed by atoms with van der Waals surface area (Å²) in [5.74, 6) is 0. The fraction of sp³-hybridized carbons (Fsp3) is 0.545. The lowest BCUT2D eigenvalue weighted by Crippen LogP contribution is -2.51. The minimum Gasteiger partial charge on any atom is -0.367 e. The predicted molar refractivity (Wildman–Crippen MR) is 83.1 cm³/mol. The molecule has 2 aliphatic rings. The maximum atomic E-state index is 5.78. The zero-order valence-corrected chi connectivity index (χ0v) is 12.9. The van der Waals surface area contributed by atoms with Crippen LogP contribution in [0.5, 0.6) is 0 Å². The maximum absolute atomic E-state index is 5.78. The van der Waals surface area contributed by atoms with Crippen LogP contribution < -0.4 is 10.2 Å². The van der Waals surface area contributed by atoms with Crippen molar-refractivity contribution in [1.82, 2.24) is 10.3 Å². The summed E-state index contributed by atoms with van der Waals surface area (Å²) >= 11 is 5.78. The van der Waals surface area contributed by atoms with Gasteiger partial charge in [0.1, 0.15) is 5.15 Å². The molecular weight excluding hydrogens is 316 g/mol. The van der Waals surface area contributed by atoms with Gasteiger partial charge in [-0.1, -0.05) is 11.6 Å². The Hall–Kier alpha value is 0.0700. The zero-order chi connectivity index (χ0) is 10.3. The van der Waals surface area contributed by atoms with E-state index in [-0.39, 0.29) is 37.2 Å². The van der Waals surface area contributed by atoms with Crippen LogP contribution in [0.25, 0.3) is 0 Å². The Morgan fingerprint density at radius 1 is 1.11 bits per heavy atom. The van der Waals surface area contributed by atoms with Gasteiger partial charge in [0.25, 0.3) is 0 Å². The minimum absolute atomic E-state index is 0. The Bertz CT molecular complexity index is 348. The third-order valence-corrected chi connectivity index (χ3v) is 3.52. The second-order valence-electron chi connectivity index (χ2n) is 4.38. The molecule has 3 heterocycles. The molecule has 0 radical (unpaired) electrons. The third kappa shape index (κ3) is 3.78. The molecule has 7 heteroatoms. The molecule has 104 valence electrons. The van der Waals surface area contributed by atoms with Gasteiger partial charge in [0.15, 0.2) is 0 Å². The van der Waals surface area contributed by atoms with E-state index in [9.17, 15) is 0 Å². The van der Waals surface area contributed by atoms with Gasteiger partial charge in [0, 0.05) is 25.2 Å². The number of piperazine rings is 1. The van der Waals surface area contributed by atoms with Crippen molar-refractivity contribution in [3.05, 3.63) is 23.5 Å². The highest BCUT2D eigenvalue weighted by Crippen LogP contribution is 2.25. The first-order valence-electron chi connectivity index (χ1n) is 5.44. The molecule has 1 N–H and O–H groups in total. The van der Waals surface area contributed by atoms with E-state index in [0.29, 0.717) is 17.2 Å². The second-order valence-corrected chi connectivity index (χ2v) is 4.77. The summed E-state index contributed by atoms with van der Waals surface area (Å²) in [6.45, 7) is 2.19. The number of nitrogens with zero attached hydrogens (tertiary/aromatic N) is 2. The molecule has 2 saturated heterocycles. The van der Waals surface area contributed by atoms with E-state index in [4.69, 9.17) is 11.6 Å². The zero-order valence-electron chi connectivity index (χ0n) is 9.71. The predicted octanol–water partition coefficient (Wildman–Crippen LogP) is 2.94. The molecule has 18 heavy (non-hydrogen) atoms. The van der Waals surface area contributed by atoms with E-state index in [2.05, 4.69) is 21.3 Å². The number of anilines is 1. The van der Waals surface area contributed by atoms with Crippen LogP contribution in [-0.4, -0.2) is 30.2 Å². The van der Waals surface area contributed by atoms with E-state index in [1.807, 2.05) is 12.3 Å². The highest BCUT2D eigenvalue weighted by molar-refractivity contribution is 6.29. The van der Waals surface area contributed by atoms with Gasteiger partial charge >= 0.3 is 0 Å². The van der Waals surface area contributed by atoms with Crippen LogP contribution in [0.3, 0.4) is 0 Å². The van der Waals surface area contributed by atoms with Crippen molar-refractivity contribution in [3.63, 3.8) is 0 Å². The molecule has 2 bridgehead atoms. The van der Waals surface area contributed by atoms with Crippen LogP contribution in [0.2, 0.25) is 5.15 Å². The minimum atomic E-state index is 0. The van der Waals surface area contributed by atoms with Crippen molar-refractivity contribution in [2.45, 2.75) is 24.9 Å². The Kier molecular flexibility index (Phi) is 7.64. The van der Waals surface area contributed by atoms with E-state index >= 15 is 0 Å². The molecule has 0 spiro atoms. The molecule has 2 fully saturated rings. The van der Waals surface area contributed by atoms with Crippen LogP contribution in [0.4, 0.5) is 5.69 Å². The highest BCUT2D eigenvalue weighted by atomic mass is 35.5. The lowest BCUT2D eigenvalue weighted by Gasteiger charge is -2.34. The van der Waals surface area contributed by atoms with Crippen LogP contribution in [0.1, 0.15) is 12.8 Å². The van der Waals surface area contributed by atoms with Crippen molar-refractivity contribution < 1.29 is 0 Å². The molecule has 2 atom stereocenters. The number of nitrogens with one attached hydrogen (secondary N) is 1. The summed E-state index contributed by atoms with van der Waals surface area (Å²) in [4.78, 5) is 6.53. The quantitative estimate of drug-likeness (QED) is 0.801. The fourth-order valence-electron chi connectivity index (χ4n) is 2.56. The largest absolute Gasteiger partial charge is 0.367 e. The molecule has 2 aliphatic heterocycles. The van der Waals surface area contributed by atoms with Crippen LogP contribution >= 0.6 is 48.8 Å². The van der Waals surface area contributed by atoms with Gasteiger partial charge in [0.05, 0.1) is 11.9 Å². The van der Waals surface area contributed by atoms with Gasteiger partial charge in [-0.05, 0) is 25.0 Å². The molecule has 1 aromatic heterocycles. The van der Waals surface area contributed by atoms with Gasteiger partial charge in [-0.25, -0.2) is 4.98 Å². The second kappa shape index (κ2) is 7.61. The number of pyridine rings is 1. The van der Waals surface area contributed by atoms with Gasteiger partial charge in [-0.3, -0.25) is 0 Å². The average Bonchev–Trinajstić information content (AvgIpc) is 2.59. The molecule has 3 rings (SSSR count). The van der Waals surface area contributed by atoms with E-state index in [1.54, 1.807) is 0 Å². The van der Waals surface area contributed by atoms with Crippen molar-refractivity contribution in [3.8, 4) is 0 Å². The summed E-state index contributed by atoms with van der Waals surface area (Å²) in [6, 6.07) is 5.25. The Labute approximate surface area is 131 Å². The number of rotatable bonds is 1. The van der Waals surface area contributed by atoms with Gasteiger partial charge in [0.2, 0.25) is 0 Å². The van der Waals surface area contributed by atoms with Gasteiger partial charge in [-0.2, -0.15) is 0 Å². The highest BCUT2D eigenvalue weighted by Gasteiger charge is 2.32. The van der Waals surface area contributed by atoms with E-state index in [1.165, 1.54) is 18.5 Å². The summed E-state index contributed by atoms with van der Waals surface area (Å²) < 4.78 is 0. The Morgan fingerprint density at radius 3 is 2.22 bits per heavy atom. The Morgan fingerprint density at radius 2 is 1.72 bits per heavy atom. The third-order valence-electron chi connectivity index (χ3n) is 3.29. The number of hydrogen-bond acceptors (Lipinski definition) is 3. The lowest BCUT2D eigenvalue weighted by molar-refractivity contribution is 0.465. The molecule has 2 unspecified atom stereocenters. The van der Waals surface area contributed by atoms with Crippen molar-refractivity contribution >= 4 is 54.5 Å². The monoisotopic (exact) mass is 331 g/mol. The van der Waals surface area contributed by atoms with Gasteiger partial charge in [-0.15, -0.1) is 37.2 Å². The number of hydrogen-bond donors (Lipinski definition) is 1. The van der Waals surface area contributed by atoms with E-state index in [0.717, 1.165) is 13.1 Å². The molecule has 0 amide bonds. The number of halogens is 4. The molecular formula is C11H17Cl4N3. The summed E-state index contributed by atoms with van der Waals surface area (Å²) in [5.41, 5.74) is 1.19. The number of fused-ring (bicyclic) bond motifs is 2. The first-order valence-corrected chi connectivity index (χ1v) is 5.81. The molecule has 0 aliphatic carbocycles. The first-order chi connectivity index (χ1) is 7.31. The normalized spacial score (nSPS) is 24.6. The average molecular weight is 333 g/mol. The summed E-state index contributed by atoms with van der Waals surface area (Å²) in [5, 5.41) is 4.18. The standard InChI is InChI=1S/C11H14ClN3.3ClH/c12-11-4-3-10(5-13-11)15-6-8-1-2-9(7-15)14-8;;;/h3-5,8-9,14H,1-2,6-7H2;3*1H. The maximum Gasteiger partial charge on any atom is 0.129 e.